The summed E-state index contributed by atoms with van der Waals surface area (Å²) in [5.74, 6) is 0.765. The van der Waals surface area contributed by atoms with Crippen molar-refractivity contribution in [2.45, 2.75) is 77.7 Å². The summed E-state index contributed by atoms with van der Waals surface area (Å²) in [6.45, 7) is 10.4. The molecule has 1 heterocycles. The van der Waals surface area contributed by atoms with Gasteiger partial charge < -0.3 is 5.73 Å². The topological polar surface area (TPSA) is 29.3 Å². The smallest absolute Gasteiger partial charge is 0.0181 e. The van der Waals surface area contributed by atoms with E-state index in [4.69, 9.17) is 5.73 Å². The van der Waals surface area contributed by atoms with E-state index < -0.39 is 0 Å². The second kappa shape index (κ2) is 8.16. The number of unbranched alkanes of at least 4 members (excludes halogenated alkanes) is 4. The van der Waals surface area contributed by atoms with E-state index in [9.17, 15) is 0 Å². The standard InChI is InChI=1S/C16H34N2/c1-4-6-7-8-9-11-16(3,10-5-2)18-13-15(12-17)14-18/h15H,4-14,17H2,1-3H3. The van der Waals surface area contributed by atoms with Crippen molar-refractivity contribution in [1.82, 2.24) is 4.90 Å². The molecule has 0 aromatic heterocycles. The molecule has 1 aliphatic rings. The van der Waals surface area contributed by atoms with Crippen LogP contribution in [0.15, 0.2) is 0 Å². The summed E-state index contributed by atoms with van der Waals surface area (Å²) in [7, 11) is 0. The molecule has 0 radical (unpaired) electrons. The number of hydrogen-bond donors (Lipinski definition) is 1. The Balaban J connectivity index is 2.29. The van der Waals surface area contributed by atoms with Gasteiger partial charge in [-0.15, -0.1) is 0 Å². The predicted octanol–water partition coefficient (Wildman–Crippen LogP) is 3.80. The SMILES string of the molecule is CCCCCCCC(C)(CCC)N1CC(CN)C1. The Kier molecular flexibility index (Phi) is 7.25. The van der Waals surface area contributed by atoms with Crippen LogP contribution in [0.1, 0.15) is 72.1 Å². The Morgan fingerprint density at radius 1 is 1.00 bits per heavy atom. The molecule has 1 atom stereocenters. The lowest BCUT2D eigenvalue weighted by molar-refractivity contribution is -0.0147. The molecule has 0 amide bonds. The number of hydrogen-bond acceptors (Lipinski definition) is 2. The van der Waals surface area contributed by atoms with Gasteiger partial charge in [0.05, 0.1) is 0 Å². The molecule has 18 heavy (non-hydrogen) atoms. The molecule has 0 saturated carbocycles. The Labute approximate surface area is 114 Å². The molecule has 0 aromatic carbocycles. The van der Waals surface area contributed by atoms with E-state index >= 15 is 0 Å². The van der Waals surface area contributed by atoms with Gasteiger partial charge >= 0.3 is 0 Å². The molecule has 0 aliphatic carbocycles. The van der Waals surface area contributed by atoms with Crippen LogP contribution in [0.4, 0.5) is 0 Å². The van der Waals surface area contributed by atoms with Crippen LogP contribution in [0.2, 0.25) is 0 Å². The Morgan fingerprint density at radius 2 is 1.67 bits per heavy atom. The van der Waals surface area contributed by atoms with Crippen molar-refractivity contribution < 1.29 is 0 Å². The van der Waals surface area contributed by atoms with Crippen molar-refractivity contribution in [3.8, 4) is 0 Å². The van der Waals surface area contributed by atoms with Gasteiger partial charge in [-0.1, -0.05) is 52.4 Å². The normalized spacial score (nSPS) is 20.7. The summed E-state index contributed by atoms with van der Waals surface area (Å²) in [4.78, 5) is 2.69. The molecule has 108 valence electrons. The maximum atomic E-state index is 5.74. The predicted molar refractivity (Wildman–Crippen MR) is 80.8 cm³/mol. The lowest BCUT2D eigenvalue weighted by Crippen LogP contribution is -2.60. The highest BCUT2D eigenvalue weighted by Crippen LogP contribution is 2.33. The fourth-order valence-electron chi connectivity index (χ4n) is 3.25. The second-order valence-corrected chi connectivity index (χ2v) is 6.42. The van der Waals surface area contributed by atoms with Crippen molar-refractivity contribution >= 4 is 0 Å². The van der Waals surface area contributed by atoms with E-state index in [1.807, 2.05) is 0 Å². The van der Waals surface area contributed by atoms with E-state index in [-0.39, 0.29) is 0 Å². The lowest BCUT2D eigenvalue weighted by Gasteiger charge is -2.51. The van der Waals surface area contributed by atoms with Crippen molar-refractivity contribution in [3.05, 3.63) is 0 Å². The molecular weight excluding hydrogens is 220 g/mol. The van der Waals surface area contributed by atoms with Crippen LogP contribution in [-0.2, 0) is 0 Å². The monoisotopic (exact) mass is 254 g/mol. The Morgan fingerprint density at radius 3 is 2.22 bits per heavy atom. The number of nitrogens with zero attached hydrogens (tertiary/aromatic N) is 1. The zero-order valence-corrected chi connectivity index (χ0v) is 12.9. The van der Waals surface area contributed by atoms with E-state index in [1.54, 1.807) is 0 Å². The first-order valence-corrected chi connectivity index (χ1v) is 8.11. The third-order valence-electron chi connectivity index (χ3n) is 4.66. The largest absolute Gasteiger partial charge is 0.330 e. The third kappa shape index (κ3) is 4.55. The van der Waals surface area contributed by atoms with Crippen LogP contribution < -0.4 is 5.73 Å². The molecule has 0 bridgehead atoms. The molecule has 2 N–H and O–H groups in total. The highest BCUT2D eigenvalue weighted by atomic mass is 15.2. The summed E-state index contributed by atoms with van der Waals surface area (Å²) in [6, 6.07) is 0. The van der Waals surface area contributed by atoms with Crippen LogP contribution in [0.3, 0.4) is 0 Å². The van der Waals surface area contributed by atoms with Crippen LogP contribution >= 0.6 is 0 Å². The zero-order valence-electron chi connectivity index (χ0n) is 12.9. The fraction of sp³-hybridized carbons (Fsp3) is 1.00. The molecule has 0 spiro atoms. The van der Waals surface area contributed by atoms with Gasteiger partial charge in [0.2, 0.25) is 0 Å². The molecule has 1 saturated heterocycles. The van der Waals surface area contributed by atoms with Gasteiger partial charge in [0.25, 0.3) is 0 Å². The van der Waals surface area contributed by atoms with Gasteiger partial charge in [0.1, 0.15) is 0 Å². The van der Waals surface area contributed by atoms with Crippen molar-refractivity contribution in [1.29, 1.82) is 0 Å². The number of rotatable bonds is 10. The van der Waals surface area contributed by atoms with E-state index in [0.29, 0.717) is 5.54 Å². The molecule has 0 aromatic rings. The van der Waals surface area contributed by atoms with Crippen molar-refractivity contribution in [2.75, 3.05) is 19.6 Å². The first-order valence-electron chi connectivity index (χ1n) is 8.11. The molecule has 1 aliphatic heterocycles. The molecule has 1 rings (SSSR count). The van der Waals surface area contributed by atoms with Gasteiger partial charge in [-0.25, -0.2) is 0 Å². The highest BCUT2D eigenvalue weighted by molar-refractivity contribution is 4.94. The molecule has 1 unspecified atom stereocenters. The molecular formula is C16H34N2. The number of nitrogens with two attached hydrogens (primary N) is 1. The Bertz CT molecular complexity index is 211. The number of likely N-dealkylation sites (tertiary alicyclic amines) is 1. The minimum absolute atomic E-state index is 0.451. The van der Waals surface area contributed by atoms with Crippen LogP contribution in [-0.4, -0.2) is 30.1 Å². The summed E-state index contributed by atoms with van der Waals surface area (Å²) >= 11 is 0. The molecule has 1 fully saturated rings. The van der Waals surface area contributed by atoms with Crippen molar-refractivity contribution in [3.63, 3.8) is 0 Å². The van der Waals surface area contributed by atoms with Gasteiger partial charge in [0, 0.05) is 18.6 Å². The molecule has 2 nitrogen and oxygen atoms in total. The zero-order chi connectivity index (χ0) is 13.4. The van der Waals surface area contributed by atoms with Crippen LogP contribution in [0.5, 0.6) is 0 Å². The first kappa shape index (κ1) is 16.0. The molecule has 2 heteroatoms. The summed E-state index contributed by atoms with van der Waals surface area (Å²) in [6.07, 6.45) is 11.0. The van der Waals surface area contributed by atoms with Gasteiger partial charge in [-0.05, 0) is 32.2 Å². The summed E-state index contributed by atoms with van der Waals surface area (Å²) in [5, 5.41) is 0. The minimum Gasteiger partial charge on any atom is -0.330 e. The van der Waals surface area contributed by atoms with Crippen LogP contribution in [0.25, 0.3) is 0 Å². The van der Waals surface area contributed by atoms with E-state index in [0.717, 1.165) is 12.5 Å². The van der Waals surface area contributed by atoms with Gasteiger partial charge in [0.15, 0.2) is 0 Å². The van der Waals surface area contributed by atoms with Crippen molar-refractivity contribution in [2.24, 2.45) is 11.7 Å². The Hall–Kier alpha value is -0.0800. The quantitative estimate of drug-likeness (QED) is 0.601. The maximum Gasteiger partial charge on any atom is 0.0181 e. The second-order valence-electron chi connectivity index (χ2n) is 6.42. The van der Waals surface area contributed by atoms with E-state index in [1.165, 1.54) is 64.5 Å². The van der Waals surface area contributed by atoms with Gasteiger partial charge in [-0.3, -0.25) is 4.90 Å². The fourth-order valence-corrected chi connectivity index (χ4v) is 3.25. The third-order valence-corrected chi connectivity index (χ3v) is 4.66. The van der Waals surface area contributed by atoms with E-state index in [2.05, 4.69) is 25.7 Å². The maximum absolute atomic E-state index is 5.74. The minimum atomic E-state index is 0.451. The highest BCUT2D eigenvalue weighted by Gasteiger charge is 2.38. The average molecular weight is 254 g/mol. The first-order chi connectivity index (χ1) is 8.66. The summed E-state index contributed by atoms with van der Waals surface area (Å²) < 4.78 is 0. The summed E-state index contributed by atoms with van der Waals surface area (Å²) in [5.41, 5.74) is 6.19. The average Bonchev–Trinajstić information content (AvgIpc) is 2.27. The van der Waals surface area contributed by atoms with Crippen LogP contribution in [0, 0.1) is 5.92 Å². The lowest BCUT2D eigenvalue weighted by atomic mass is 9.82. The van der Waals surface area contributed by atoms with Gasteiger partial charge in [-0.2, -0.15) is 0 Å².